The van der Waals surface area contributed by atoms with Crippen LogP contribution in [0.4, 0.5) is 5.69 Å². The first-order valence-electron chi connectivity index (χ1n) is 8.38. The molecule has 0 atom stereocenters. The summed E-state index contributed by atoms with van der Waals surface area (Å²) in [6.07, 6.45) is 0.899. The smallest absolute Gasteiger partial charge is 0.293 e. The minimum Gasteiger partial charge on any atom is -0.293 e. The summed E-state index contributed by atoms with van der Waals surface area (Å²) in [5.74, 6) is 0. The number of benzene rings is 2. The number of aryl methyl sites for hydroxylation is 2. The monoisotopic (exact) mass is 347 g/mol. The van der Waals surface area contributed by atoms with Gasteiger partial charge in [0.15, 0.2) is 0 Å². The molecule has 5 heteroatoms. The summed E-state index contributed by atoms with van der Waals surface area (Å²) in [5.41, 5.74) is 5.17. The molecule has 0 fully saturated rings. The Morgan fingerprint density at radius 1 is 0.958 bits per heavy atom. The Morgan fingerprint density at radius 2 is 1.58 bits per heavy atom. The van der Waals surface area contributed by atoms with Gasteiger partial charge in [-0.1, -0.05) is 48.9 Å². The Kier molecular flexibility index (Phi) is 6.61. The van der Waals surface area contributed by atoms with E-state index in [4.69, 9.17) is 9.05 Å². The van der Waals surface area contributed by atoms with E-state index in [0.29, 0.717) is 13.2 Å². The first-order valence-corrected chi connectivity index (χ1v) is 9.93. The average molecular weight is 347 g/mol. The number of anilines is 1. The summed E-state index contributed by atoms with van der Waals surface area (Å²) in [6, 6.07) is 14.4. The molecule has 0 spiro atoms. The standard InChI is InChI=1S/C19H26NO3P/c1-5-16-10-13-18(17-11-8-15(4)9-12-17)19(14-16)20-24(21,22-6-2)23-7-3/h8-14H,5-7H2,1-4H3,(H,20,21). The molecular formula is C19H26NO3P. The Hall–Kier alpha value is -1.61. The summed E-state index contributed by atoms with van der Waals surface area (Å²) in [5, 5.41) is 3.02. The van der Waals surface area contributed by atoms with Gasteiger partial charge >= 0.3 is 7.75 Å². The van der Waals surface area contributed by atoms with Gasteiger partial charge in [0, 0.05) is 5.56 Å². The van der Waals surface area contributed by atoms with Gasteiger partial charge in [-0.25, -0.2) is 4.57 Å². The molecule has 0 aliphatic carbocycles. The zero-order chi connectivity index (χ0) is 17.6. The van der Waals surface area contributed by atoms with Crippen molar-refractivity contribution in [3.8, 4) is 11.1 Å². The third-order valence-electron chi connectivity index (χ3n) is 3.71. The molecule has 2 aromatic rings. The first-order chi connectivity index (χ1) is 11.5. The Bertz CT molecular complexity index is 703. The SMILES string of the molecule is CCOP(=O)(Nc1cc(CC)ccc1-c1ccc(C)cc1)OCC. The highest BCUT2D eigenvalue weighted by Gasteiger charge is 2.25. The van der Waals surface area contributed by atoms with Gasteiger partial charge in [0.1, 0.15) is 0 Å². The molecule has 0 saturated carbocycles. The van der Waals surface area contributed by atoms with Gasteiger partial charge in [-0.15, -0.1) is 0 Å². The fraction of sp³-hybridized carbons (Fsp3) is 0.368. The zero-order valence-corrected chi connectivity index (χ0v) is 15.7. The minimum absolute atomic E-state index is 0.317. The van der Waals surface area contributed by atoms with Crippen molar-refractivity contribution in [2.75, 3.05) is 18.3 Å². The molecule has 0 bridgehead atoms. The molecule has 0 amide bonds. The second kappa shape index (κ2) is 8.48. The summed E-state index contributed by atoms with van der Waals surface area (Å²) >= 11 is 0. The summed E-state index contributed by atoms with van der Waals surface area (Å²) in [6.45, 7) is 8.39. The van der Waals surface area contributed by atoms with E-state index in [1.165, 1.54) is 5.56 Å². The van der Waals surface area contributed by atoms with Crippen LogP contribution in [0.3, 0.4) is 0 Å². The van der Waals surface area contributed by atoms with Crippen LogP contribution in [0.5, 0.6) is 0 Å². The Morgan fingerprint density at radius 3 is 2.12 bits per heavy atom. The second-order valence-corrected chi connectivity index (χ2v) is 7.28. The van der Waals surface area contributed by atoms with E-state index in [0.717, 1.165) is 28.8 Å². The van der Waals surface area contributed by atoms with Crippen molar-refractivity contribution in [2.45, 2.75) is 34.1 Å². The van der Waals surface area contributed by atoms with Crippen LogP contribution >= 0.6 is 7.75 Å². The molecule has 0 saturated heterocycles. The van der Waals surface area contributed by atoms with E-state index in [1.54, 1.807) is 13.8 Å². The van der Waals surface area contributed by atoms with E-state index in [2.05, 4.69) is 49.3 Å². The van der Waals surface area contributed by atoms with Gasteiger partial charge in [-0.2, -0.15) is 0 Å². The lowest BCUT2D eigenvalue weighted by Crippen LogP contribution is -2.06. The van der Waals surface area contributed by atoms with Crippen molar-refractivity contribution < 1.29 is 13.6 Å². The van der Waals surface area contributed by atoms with Crippen LogP contribution in [0.1, 0.15) is 31.9 Å². The molecule has 2 aromatic carbocycles. The maximum absolute atomic E-state index is 12.9. The minimum atomic E-state index is -3.38. The molecule has 0 aliphatic rings. The van der Waals surface area contributed by atoms with E-state index in [1.807, 2.05) is 12.1 Å². The van der Waals surface area contributed by atoms with E-state index in [9.17, 15) is 4.57 Å². The van der Waals surface area contributed by atoms with Crippen LogP contribution in [0.25, 0.3) is 11.1 Å². The van der Waals surface area contributed by atoms with E-state index < -0.39 is 7.75 Å². The molecule has 1 N–H and O–H groups in total. The lowest BCUT2D eigenvalue weighted by atomic mass is 10.00. The van der Waals surface area contributed by atoms with Crippen molar-refractivity contribution >= 4 is 13.4 Å². The van der Waals surface area contributed by atoms with Crippen LogP contribution in [0.2, 0.25) is 0 Å². The maximum Gasteiger partial charge on any atom is 0.432 e. The Labute approximate surface area is 144 Å². The highest BCUT2D eigenvalue weighted by Crippen LogP contribution is 2.49. The van der Waals surface area contributed by atoms with Gasteiger partial charge in [-0.05, 0) is 44.4 Å². The largest absolute Gasteiger partial charge is 0.432 e. The van der Waals surface area contributed by atoms with Gasteiger partial charge in [0.25, 0.3) is 0 Å². The molecule has 0 heterocycles. The normalized spacial score (nSPS) is 11.5. The van der Waals surface area contributed by atoms with Crippen LogP contribution in [-0.4, -0.2) is 13.2 Å². The van der Waals surface area contributed by atoms with Gasteiger partial charge in [-0.3, -0.25) is 14.1 Å². The third kappa shape index (κ3) is 4.70. The van der Waals surface area contributed by atoms with Gasteiger partial charge in [0.2, 0.25) is 0 Å². The van der Waals surface area contributed by atoms with Crippen molar-refractivity contribution in [3.05, 3.63) is 53.6 Å². The Balaban J connectivity index is 2.45. The fourth-order valence-electron chi connectivity index (χ4n) is 2.48. The second-order valence-electron chi connectivity index (χ2n) is 5.54. The molecule has 0 aliphatic heterocycles. The molecular weight excluding hydrogens is 321 g/mol. The van der Waals surface area contributed by atoms with Gasteiger partial charge in [0.05, 0.1) is 18.9 Å². The fourth-order valence-corrected chi connectivity index (χ4v) is 3.84. The van der Waals surface area contributed by atoms with Crippen molar-refractivity contribution in [3.63, 3.8) is 0 Å². The molecule has 24 heavy (non-hydrogen) atoms. The number of hydrogen-bond acceptors (Lipinski definition) is 3. The molecule has 0 radical (unpaired) electrons. The lowest BCUT2D eigenvalue weighted by molar-refractivity contribution is 0.225. The number of hydrogen-bond donors (Lipinski definition) is 1. The zero-order valence-electron chi connectivity index (χ0n) is 14.8. The molecule has 0 aromatic heterocycles. The molecule has 2 rings (SSSR count). The summed E-state index contributed by atoms with van der Waals surface area (Å²) in [7, 11) is -3.38. The highest BCUT2D eigenvalue weighted by atomic mass is 31.2. The quantitative estimate of drug-likeness (QED) is 0.612. The van der Waals surface area contributed by atoms with Crippen LogP contribution in [-0.2, 0) is 20.0 Å². The predicted octanol–water partition coefficient (Wildman–Crippen LogP) is 5.82. The van der Waals surface area contributed by atoms with Crippen molar-refractivity contribution in [2.24, 2.45) is 0 Å². The van der Waals surface area contributed by atoms with Gasteiger partial charge < -0.3 is 0 Å². The third-order valence-corrected chi connectivity index (χ3v) is 5.42. The van der Waals surface area contributed by atoms with Crippen molar-refractivity contribution in [1.82, 2.24) is 0 Å². The molecule has 4 nitrogen and oxygen atoms in total. The van der Waals surface area contributed by atoms with E-state index >= 15 is 0 Å². The first kappa shape index (κ1) is 18.7. The summed E-state index contributed by atoms with van der Waals surface area (Å²) in [4.78, 5) is 0. The number of rotatable bonds is 8. The van der Waals surface area contributed by atoms with E-state index in [-0.39, 0.29) is 0 Å². The molecule has 130 valence electrons. The van der Waals surface area contributed by atoms with Crippen LogP contribution in [0.15, 0.2) is 42.5 Å². The highest BCUT2D eigenvalue weighted by molar-refractivity contribution is 7.55. The number of nitrogens with one attached hydrogen (secondary N) is 1. The lowest BCUT2D eigenvalue weighted by Gasteiger charge is -2.21. The maximum atomic E-state index is 12.9. The van der Waals surface area contributed by atoms with Crippen LogP contribution < -0.4 is 5.09 Å². The summed E-state index contributed by atoms with van der Waals surface area (Å²) < 4.78 is 23.6. The van der Waals surface area contributed by atoms with Crippen molar-refractivity contribution in [1.29, 1.82) is 0 Å². The molecule has 0 unspecified atom stereocenters. The average Bonchev–Trinajstić information content (AvgIpc) is 2.56. The van der Waals surface area contributed by atoms with Crippen LogP contribution in [0, 0.1) is 6.92 Å². The topological polar surface area (TPSA) is 47.6 Å². The predicted molar refractivity (Wildman–Crippen MR) is 100 cm³/mol.